The van der Waals surface area contributed by atoms with E-state index in [1.165, 1.54) is 23.3 Å². The molecule has 1 N–H and O–H groups in total. The van der Waals surface area contributed by atoms with Crippen molar-refractivity contribution in [1.29, 1.82) is 0 Å². The summed E-state index contributed by atoms with van der Waals surface area (Å²) in [6, 6.07) is 7.12. The summed E-state index contributed by atoms with van der Waals surface area (Å²) in [4.78, 5) is 36.6. The maximum atomic E-state index is 13.1. The number of nitrogens with one attached hydrogen (secondary N) is 1. The molecule has 3 heterocycles. The standard InChI is InChI=1S/C20H20N4O5S/c1-11-15-18(28-3)22-14(10-27-2)23-19(15)30-16(11)17(25)21-12-6-4-5-7-13(12)24-8-9-29-20(24)26/h4-7H,8-10H2,1-3H3,(H,21,25). The van der Waals surface area contributed by atoms with Crippen molar-refractivity contribution < 1.29 is 23.8 Å². The first-order valence-corrected chi connectivity index (χ1v) is 10.0. The molecule has 1 fully saturated rings. The van der Waals surface area contributed by atoms with Crippen LogP contribution in [0.1, 0.15) is 21.1 Å². The Kier molecular flexibility index (Phi) is 5.51. The van der Waals surface area contributed by atoms with Crippen LogP contribution in [0.5, 0.6) is 5.88 Å². The normalized spacial score (nSPS) is 13.6. The molecule has 30 heavy (non-hydrogen) atoms. The maximum absolute atomic E-state index is 13.1. The van der Waals surface area contributed by atoms with Gasteiger partial charge in [0, 0.05) is 7.11 Å². The van der Waals surface area contributed by atoms with E-state index in [4.69, 9.17) is 14.2 Å². The number of methoxy groups -OCH3 is 2. The molecule has 1 aliphatic rings. The van der Waals surface area contributed by atoms with E-state index >= 15 is 0 Å². The predicted molar refractivity (Wildman–Crippen MR) is 113 cm³/mol. The number of carbonyl (C=O) groups excluding carboxylic acids is 2. The minimum atomic E-state index is -0.430. The Morgan fingerprint density at radius 2 is 2.10 bits per heavy atom. The van der Waals surface area contributed by atoms with E-state index in [1.54, 1.807) is 31.4 Å². The van der Waals surface area contributed by atoms with Gasteiger partial charge in [-0.3, -0.25) is 9.69 Å². The summed E-state index contributed by atoms with van der Waals surface area (Å²) in [5, 5.41) is 3.61. The molecular formula is C20H20N4O5S. The lowest BCUT2D eigenvalue weighted by atomic mass is 10.2. The van der Waals surface area contributed by atoms with Crippen molar-refractivity contribution in [3.8, 4) is 5.88 Å². The summed E-state index contributed by atoms with van der Waals surface area (Å²) in [5.41, 5.74) is 1.84. The lowest BCUT2D eigenvalue weighted by Crippen LogP contribution is -2.25. The molecule has 0 unspecified atom stereocenters. The van der Waals surface area contributed by atoms with Crippen LogP contribution in [0.2, 0.25) is 0 Å². The summed E-state index contributed by atoms with van der Waals surface area (Å²) in [6.07, 6.45) is -0.430. The van der Waals surface area contributed by atoms with Gasteiger partial charge in [0.2, 0.25) is 5.88 Å². The van der Waals surface area contributed by atoms with Crippen LogP contribution in [0.4, 0.5) is 16.2 Å². The molecule has 9 nitrogen and oxygen atoms in total. The highest BCUT2D eigenvalue weighted by Gasteiger charge is 2.27. The molecular weight excluding hydrogens is 408 g/mol. The summed E-state index contributed by atoms with van der Waals surface area (Å²) in [7, 11) is 3.09. The molecule has 0 radical (unpaired) electrons. The Morgan fingerprint density at radius 3 is 2.80 bits per heavy atom. The van der Waals surface area contributed by atoms with Crippen molar-refractivity contribution in [2.45, 2.75) is 13.5 Å². The molecule has 3 aromatic rings. The summed E-state index contributed by atoms with van der Waals surface area (Å²) in [5.74, 6) is 0.582. The lowest BCUT2D eigenvalue weighted by molar-refractivity contribution is 0.103. The van der Waals surface area contributed by atoms with Gasteiger partial charge in [-0.25, -0.2) is 9.78 Å². The smallest absolute Gasteiger partial charge is 0.414 e. The molecule has 0 spiro atoms. The minimum Gasteiger partial charge on any atom is -0.480 e. The number of aromatic nitrogens is 2. The molecule has 0 aliphatic carbocycles. The van der Waals surface area contributed by atoms with E-state index in [2.05, 4.69) is 15.3 Å². The van der Waals surface area contributed by atoms with Gasteiger partial charge in [-0.05, 0) is 24.6 Å². The van der Waals surface area contributed by atoms with Gasteiger partial charge in [-0.2, -0.15) is 4.98 Å². The van der Waals surface area contributed by atoms with E-state index < -0.39 is 6.09 Å². The first-order chi connectivity index (χ1) is 14.5. The van der Waals surface area contributed by atoms with Crippen LogP contribution >= 0.6 is 11.3 Å². The minimum absolute atomic E-state index is 0.240. The number of hydrogen-bond acceptors (Lipinski definition) is 8. The maximum Gasteiger partial charge on any atom is 0.414 e. The second kappa shape index (κ2) is 8.25. The zero-order valence-corrected chi connectivity index (χ0v) is 17.5. The number of amides is 2. The van der Waals surface area contributed by atoms with E-state index in [0.717, 1.165) is 5.56 Å². The number of cyclic esters (lactones) is 1. The van der Waals surface area contributed by atoms with Crippen molar-refractivity contribution in [3.63, 3.8) is 0 Å². The number of anilines is 2. The third-order valence-corrected chi connectivity index (χ3v) is 5.86. The second-order valence-corrected chi connectivity index (χ2v) is 7.55. The number of fused-ring (bicyclic) bond motifs is 1. The van der Waals surface area contributed by atoms with Crippen LogP contribution in [-0.2, 0) is 16.1 Å². The van der Waals surface area contributed by atoms with E-state index in [9.17, 15) is 9.59 Å². The van der Waals surface area contributed by atoms with Crippen LogP contribution < -0.4 is 15.0 Å². The topological polar surface area (TPSA) is 103 Å². The molecule has 0 atom stereocenters. The average Bonchev–Trinajstić information content (AvgIpc) is 3.31. The Balaban J connectivity index is 1.69. The van der Waals surface area contributed by atoms with Crippen LogP contribution in [0.3, 0.4) is 0 Å². The number of ether oxygens (including phenoxy) is 3. The second-order valence-electron chi connectivity index (χ2n) is 6.56. The highest BCUT2D eigenvalue weighted by Crippen LogP contribution is 2.36. The molecule has 1 aliphatic heterocycles. The molecule has 10 heteroatoms. The fourth-order valence-corrected chi connectivity index (χ4v) is 4.39. The largest absolute Gasteiger partial charge is 0.480 e. The van der Waals surface area contributed by atoms with Gasteiger partial charge in [-0.1, -0.05) is 12.1 Å². The molecule has 4 rings (SSSR count). The fraction of sp³-hybridized carbons (Fsp3) is 0.300. The highest BCUT2D eigenvalue weighted by atomic mass is 32.1. The highest BCUT2D eigenvalue weighted by molar-refractivity contribution is 7.20. The first kappa shape index (κ1) is 20.0. The van der Waals surface area contributed by atoms with Gasteiger partial charge in [-0.15, -0.1) is 11.3 Å². The predicted octanol–water partition coefficient (Wildman–Crippen LogP) is 3.36. The summed E-state index contributed by atoms with van der Waals surface area (Å²) < 4.78 is 15.5. The molecule has 156 valence electrons. The van der Waals surface area contributed by atoms with Crippen molar-refractivity contribution in [1.82, 2.24) is 9.97 Å². The molecule has 2 aromatic heterocycles. The van der Waals surface area contributed by atoms with Gasteiger partial charge in [0.15, 0.2) is 5.82 Å². The van der Waals surface area contributed by atoms with Crippen LogP contribution in [-0.4, -0.2) is 49.3 Å². The Morgan fingerprint density at radius 1 is 1.30 bits per heavy atom. The SMILES string of the molecule is COCc1nc(OC)c2c(C)c(C(=O)Nc3ccccc3N3CCOC3=O)sc2n1. The number of para-hydroxylation sites is 2. The first-order valence-electron chi connectivity index (χ1n) is 9.21. The number of carbonyl (C=O) groups is 2. The number of aryl methyl sites for hydroxylation is 1. The number of rotatable bonds is 6. The van der Waals surface area contributed by atoms with E-state index in [1.807, 2.05) is 6.92 Å². The Bertz CT molecular complexity index is 1130. The van der Waals surface area contributed by atoms with E-state index in [-0.39, 0.29) is 12.5 Å². The van der Waals surface area contributed by atoms with E-state index in [0.29, 0.717) is 51.3 Å². The summed E-state index contributed by atoms with van der Waals surface area (Å²) in [6.45, 7) is 2.82. The van der Waals surface area contributed by atoms with Crippen LogP contribution in [0.15, 0.2) is 24.3 Å². The van der Waals surface area contributed by atoms with Crippen molar-refractivity contribution in [3.05, 3.63) is 40.5 Å². The van der Waals surface area contributed by atoms with Crippen molar-refractivity contribution in [2.24, 2.45) is 0 Å². The Hall–Kier alpha value is -3.24. The van der Waals surface area contributed by atoms with Gasteiger partial charge in [0.05, 0.1) is 35.3 Å². The number of thiophene rings is 1. The molecule has 1 saturated heterocycles. The monoisotopic (exact) mass is 428 g/mol. The molecule has 0 bridgehead atoms. The molecule has 2 amide bonds. The van der Waals surface area contributed by atoms with Crippen LogP contribution in [0.25, 0.3) is 10.2 Å². The molecule has 0 saturated carbocycles. The van der Waals surface area contributed by atoms with Gasteiger partial charge < -0.3 is 19.5 Å². The van der Waals surface area contributed by atoms with Crippen LogP contribution in [0, 0.1) is 6.92 Å². The number of benzene rings is 1. The van der Waals surface area contributed by atoms with Gasteiger partial charge in [0.25, 0.3) is 5.91 Å². The zero-order valence-electron chi connectivity index (χ0n) is 16.7. The van der Waals surface area contributed by atoms with Crippen molar-refractivity contribution in [2.75, 3.05) is 37.6 Å². The third-order valence-electron chi connectivity index (χ3n) is 4.68. The number of hydrogen-bond donors (Lipinski definition) is 1. The van der Waals surface area contributed by atoms with Gasteiger partial charge in [0.1, 0.15) is 18.0 Å². The van der Waals surface area contributed by atoms with Gasteiger partial charge >= 0.3 is 6.09 Å². The third kappa shape index (κ3) is 3.55. The zero-order chi connectivity index (χ0) is 21.3. The number of nitrogens with zero attached hydrogens (tertiary/aromatic N) is 3. The molecule has 1 aromatic carbocycles. The average molecular weight is 428 g/mol. The Labute approximate surface area is 176 Å². The van der Waals surface area contributed by atoms with Crippen molar-refractivity contribution >= 4 is 44.9 Å². The fourth-order valence-electron chi connectivity index (χ4n) is 3.31. The lowest BCUT2D eigenvalue weighted by Gasteiger charge is -2.17. The summed E-state index contributed by atoms with van der Waals surface area (Å²) >= 11 is 1.26. The quantitative estimate of drug-likeness (QED) is 0.642.